The summed E-state index contributed by atoms with van der Waals surface area (Å²) >= 11 is 0. The highest BCUT2D eigenvalue weighted by atomic mass is 15.3. The Morgan fingerprint density at radius 1 is 1.48 bits per heavy atom. The van der Waals surface area contributed by atoms with E-state index in [1.165, 1.54) is 25.7 Å². The van der Waals surface area contributed by atoms with Crippen molar-refractivity contribution >= 4 is 12.3 Å². The van der Waals surface area contributed by atoms with Gasteiger partial charge in [0.1, 0.15) is 11.5 Å². The molecule has 2 aliphatic heterocycles. The van der Waals surface area contributed by atoms with Crippen molar-refractivity contribution in [3.8, 4) is 0 Å². The zero-order valence-electron chi connectivity index (χ0n) is 12.8. The van der Waals surface area contributed by atoms with Crippen molar-refractivity contribution < 1.29 is 0 Å². The summed E-state index contributed by atoms with van der Waals surface area (Å²) in [6, 6.07) is 0. The molecule has 1 saturated carbocycles. The molecular formula is C14H25N7. The van der Waals surface area contributed by atoms with Gasteiger partial charge in [-0.3, -0.25) is 4.90 Å². The van der Waals surface area contributed by atoms with Gasteiger partial charge >= 0.3 is 0 Å². The summed E-state index contributed by atoms with van der Waals surface area (Å²) in [4.78, 5) is 11.0. The summed E-state index contributed by atoms with van der Waals surface area (Å²) < 4.78 is 0. The van der Waals surface area contributed by atoms with E-state index in [-0.39, 0.29) is 11.7 Å². The molecule has 0 spiro atoms. The average molecular weight is 291 g/mol. The predicted octanol–water partition coefficient (Wildman–Crippen LogP) is -0.115. The largest absolute Gasteiger partial charge is 0.370 e. The molecule has 21 heavy (non-hydrogen) atoms. The third-order valence-electron chi connectivity index (χ3n) is 4.89. The molecule has 0 aromatic rings. The maximum Gasteiger partial charge on any atom is 0.196 e. The average Bonchev–Trinajstić information content (AvgIpc) is 3.13. The van der Waals surface area contributed by atoms with Gasteiger partial charge in [-0.05, 0) is 26.4 Å². The molecule has 116 valence electrons. The number of hydrogen-bond donors (Lipinski definition) is 4. The van der Waals surface area contributed by atoms with Crippen molar-refractivity contribution in [3.63, 3.8) is 0 Å². The van der Waals surface area contributed by atoms with Crippen LogP contribution in [0.5, 0.6) is 0 Å². The molecular weight excluding hydrogens is 266 g/mol. The minimum atomic E-state index is -0.225. The van der Waals surface area contributed by atoms with Gasteiger partial charge in [-0.15, -0.1) is 0 Å². The van der Waals surface area contributed by atoms with Crippen LogP contribution < -0.4 is 21.7 Å². The Morgan fingerprint density at radius 2 is 2.24 bits per heavy atom. The highest BCUT2D eigenvalue weighted by Gasteiger charge is 2.37. The van der Waals surface area contributed by atoms with E-state index >= 15 is 0 Å². The zero-order chi connectivity index (χ0) is 14.9. The van der Waals surface area contributed by atoms with Crippen LogP contribution in [0.15, 0.2) is 21.5 Å². The topological polar surface area (TPSA) is 90.1 Å². The maximum absolute atomic E-state index is 5.84. The Hall–Kier alpha value is -1.76. The van der Waals surface area contributed by atoms with Gasteiger partial charge in [-0.1, -0.05) is 19.8 Å². The van der Waals surface area contributed by atoms with Crippen LogP contribution in [0.4, 0.5) is 0 Å². The Kier molecular flexibility index (Phi) is 3.75. The highest BCUT2D eigenvalue weighted by Crippen LogP contribution is 2.34. The summed E-state index contributed by atoms with van der Waals surface area (Å²) in [5.41, 5.74) is 7.03. The number of rotatable bonds is 5. The van der Waals surface area contributed by atoms with Crippen LogP contribution in [-0.2, 0) is 0 Å². The fraction of sp³-hybridized carbons (Fsp3) is 0.714. The lowest BCUT2D eigenvalue weighted by atomic mass is 9.95. The number of fused-ring (bicyclic) bond motifs is 1. The molecule has 7 nitrogen and oxygen atoms in total. The van der Waals surface area contributed by atoms with Gasteiger partial charge in [-0.25, -0.2) is 9.98 Å². The van der Waals surface area contributed by atoms with Crippen LogP contribution in [0.2, 0.25) is 0 Å². The molecule has 0 saturated heterocycles. The Labute approximate surface area is 125 Å². The van der Waals surface area contributed by atoms with Gasteiger partial charge in [0.05, 0.1) is 6.34 Å². The second kappa shape index (κ2) is 5.55. The van der Waals surface area contributed by atoms with Crippen molar-refractivity contribution in [1.82, 2.24) is 20.9 Å². The number of nitrogens with zero attached hydrogens (tertiary/aromatic N) is 3. The molecule has 0 amide bonds. The molecule has 0 aromatic heterocycles. The van der Waals surface area contributed by atoms with Crippen LogP contribution in [0.1, 0.15) is 32.6 Å². The predicted molar refractivity (Wildman–Crippen MR) is 84.7 cm³/mol. The van der Waals surface area contributed by atoms with Crippen LogP contribution in [0.3, 0.4) is 0 Å². The lowest BCUT2D eigenvalue weighted by Crippen LogP contribution is -2.53. The van der Waals surface area contributed by atoms with Crippen molar-refractivity contribution in [2.45, 2.75) is 44.3 Å². The second-order valence-corrected chi connectivity index (χ2v) is 6.02. The minimum absolute atomic E-state index is 0.225. The number of hydrogen-bond acceptors (Lipinski definition) is 7. The number of nitrogens with two attached hydrogens (primary N) is 1. The van der Waals surface area contributed by atoms with E-state index in [4.69, 9.17) is 5.73 Å². The molecule has 3 aliphatic rings. The second-order valence-electron chi connectivity index (χ2n) is 6.02. The normalized spacial score (nSPS) is 26.4. The standard InChI is InChI=1S/C14H25N7/c1-3-21(2)14(6-4-5-7-14)8-16-11-10-12(18-9-17-10)20-13(15)19-11/h9,12,16H,3-8H2,1-2H3,(H,17,18)(H3,15,19,20). The lowest BCUT2D eigenvalue weighted by Gasteiger charge is -2.39. The Balaban J connectivity index is 1.72. The maximum atomic E-state index is 5.84. The minimum Gasteiger partial charge on any atom is -0.370 e. The third kappa shape index (κ3) is 2.57. The molecule has 2 heterocycles. The molecule has 0 bridgehead atoms. The molecule has 1 unspecified atom stereocenters. The summed E-state index contributed by atoms with van der Waals surface area (Å²) in [5.74, 6) is 1.32. The van der Waals surface area contributed by atoms with Crippen LogP contribution in [-0.4, -0.2) is 49.0 Å². The molecule has 1 fully saturated rings. The lowest BCUT2D eigenvalue weighted by molar-refractivity contribution is 0.131. The van der Waals surface area contributed by atoms with Gasteiger partial charge in [0, 0.05) is 12.1 Å². The van der Waals surface area contributed by atoms with E-state index in [0.717, 1.165) is 24.6 Å². The van der Waals surface area contributed by atoms with Gasteiger partial charge < -0.3 is 21.7 Å². The van der Waals surface area contributed by atoms with E-state index in [1.54, 1.807) is 6.34 Å². The zero-order valence-corrected chi connectivity index (χ0v) is 12.8. The number of guanidine groups is 1. The summed E-state index contributed by atoms with van der Waals surface area (Å²) in [5, 5.41) is 9.81. The fourth-order valence-electron chi connectivity index (χ4n) is 3.44. The third-order valence-corrected chi connectivity index (χ3v) is 4.89. The number of nitrogens with one attached hydrogen (secondary N) is 3. The first-order valence-corrected chi connectivity index (χ1v) is 7.72. The van der Waals surface area contributed by atoms with Crippen molar-refractivity contribution in [3.05, 3.63) is 11.5 Å². The quantitative estimate of drug-likeness (QED) is 0.567. The molecule has 3 rings (SSSR count). The monoisotopic (exact) mass is 291 g/mol. The molecule has 0 aromatic carbocycles. The van der Waals surface area contributed by atoms with Crippen molar-refractivity contribution in [2.75, 3.05) is 20.1 Å². The smallest absolute Gasteiger partial charge is 0.196 e. The van der Waals surface area contributed by atoms with Gasteiger partial charge in [0.15, 0.2) is 12.1 Å². The van der Waals surface area contributed by atoms with Crippen LogP contribution >= 0.6 is 0 Å². The van der Waals surface area contributed by atoms with E-state index in [9.17, 15) is 0 Å². The van der Waals surface area contributed by atoms with Crippen LogP contribution in [0.25, 0.3) is 0 Å². The molecule has 5 N–H and O–H groups in total. The Bertz CT molecular complexity index is 488. The fourth-order valence-corrected chi connectivity index (χ4v) is 3.44. The Morgan fingerprint density at radius 3 is 2.95 bits per heavy atom. The van der Waals surface area contributed by atoms with Crippen molar-refractivity contribution in [2.24, 2.45) is 15.7 Å². The van der Waals surface area contributed by atoms with E-state index in [1.807, 2.05) is 0 Å². The number of aliphatic imine (C=N–C) groups is 2. The molecule has 0 radical (unpaired) electrons. The first-order chi connectivity index (χ1) is 10.1. The van der Waals surface area contributed by atoms with Crippen LogP contribution in [0, 0.1) is 0 Å². The number of likely N-dealkylation sites (N-methyl/N-ethyl adjacent to an activating group) is 1. The summed E-state index contributed by atoms with van der Waals surface area (Å²) in [6.45, 7) is 4.19. The molecule has 7 heteroatoms. The highest BCUT2D eigenvalue weighted by molar-refractivity contribution is 5.82. The first-order valence-electron chi connectivity index (χ1n) is 7.72. The van der Waals surface area contributed by atoms with Crippen molar-refractivity contribution in [1.29, 1.82) is 0 Å². The molecule has 1 aliphatic carbocycles. The first kappa shape index (κ1) is 14.2. The summed E-state index contributed by atoms with van der Waals surface area (Å²) in [7, 11) is 2.22. The van der Waals surface area contributed by atoms with E-state index in [0.29, 0.717) is 5.96 Å². The van der Waals surface area contributed by atoms with Gasteiger partial charge in [-0.2, -0.15) is 0 Å². The van der Waals surface area contributed by atoms with Gasteiger partial charge in [0.2, 0.25) is 0 Å². The van der Waals surface area contributed by atoms with E-state index < -0.39 is 0 Å². The molecule has 1 atom stereocenters. The SMILES string of the molecule is CCN(C)C1(CNC2=C3NC=NC3N=C(N)N2)CCCC1. The summed E-state index contributed by atoms with van der Waals surface area (Å²) in [6.07, 6.45) is 6.54. The van der Waals surface area contributed by atoms with E-state index in [2.05, 4.69) is 44.8 Å². The van der Waals surface area contributed by atoms with Gasteiger partial charge in [0.25, 0.3) is 0 Å².